The monoisotopic (exact) mass is 364 g/mol. The molecule has 0 spiro atoms. The summed E-state index contributed by atoms with van der Waals surface area (Å²) in [7, 11) is 0. The third kappa shape index (κ3) is 5.15. The maximum atomic E-state index is 12.8. The normalized spacial score (nSPS) is 10.3. The van der Waals surface area contributed by atoms with E-state index in [9.17, 15) is 9.18 Å². The van der Waals surface area contributed by atoms with Crippen LogP contribution in [0.25, 0.3) is 0 Å². The third-order valence-corrected chi connectivity index (χ3v) is 3.85. The molecular formula is C17H18BrFN2O. The van der Waals surface area contributed by atoms with Gasteiger partial charge in [-0.2, -0.15) is 0 Å². The quantitative estimate of drug-likeness (QED) is 0.812. The van der Waals surface area contributed by atoms with Crippen molar-refractivity contribution in [2.45, 2.75) is 19.9 Å². The fourth-order valence-corrected chi connectivity index (χ4v) is 2.60. The summed E-state index contributed by atoms with van der Waals surface area (Å²) < 4.78 is 13.8. The molecule has 0 aliphatic carbocycles. The van der Waals surface area contributed by atoms with Crippen molar-refractivity contribution in [3.63, 3.8) is 0 Å². The molecule has 0 saturated carbocycles. The zero-order valence-electron chi connectivity index (χ0n) is 12.3. The molecule has 116 valence electrons. The lowest BCUT2D eigenvalue weighted by atomic mass is 10.2. The van der Waals surface area contributed by atoms with Crippen molar-refractivity contribution in [2.24, 2.45) is 0 Å². The van der Waals surface area contributed by atoms with Crippen LogP contribution in [0.4, 0.5) is 10.1 Å². The summed E-state index contributed by atoms with van der Waals surface area (Å²) >= 11 is 3.49. The van der Waals surface area contributed by atoms with Gasteiger partial charge in [0.05, 0.1) is 0 Å². The van der Waals surface area contributed by atoms with Crippen LogP contribution in [0.1, 0.15) is 17.5 Å². The number of halogens is 2. The Bertz CT molecular complexity index is 644. The number of carbonyl (C=O) groups is 1. The third-order valence-electron chi connectivity index (χ3n) is 3.20. The van der Waals surface area contributed by atoms with Crippen LogP contribution in [-0.4, -0.2) is 12.5 Å². The highest BCUT2D eigenvalue weighted by Gasteiger charge is 2.03. The first-order valence-electron chi connectivity index (χ1n) is 7.06. The first kappa shape index (κ1) is 16.5. The number of hydrogen-bond donors (Lipinski definition) is 2. The Balaban J connectivity index is 1.72. The first-order chi connectivity index (χ1) is 10.5. The number of amides is 1. The van der Waals surface area contributed by atoms with E-state index in [1.165, 1.54) is 17.7 Å². The fourth-order valence-electron chi connectivity index (χ4n) is 1.97. The highest BCUT2D eigenvalue weighted by Crippen LogP contribution is 2.23. The minimum absolute atomic E-state index is 0.0416. The van der Waals surface area contributed by atoms with Gasteiger partial charge in [0.1, 0.15) is 5.82 Å². The molecule has 22 heavy (non-hydrogen) atoms. The van der Waals surface area contributed by atoms with Crippen molar-refractivity contribution in [1.29, 1.82) is 0 Å². The number of carbonyl (C=O) groups excluding carboxylic acids is 1. The van der Waals surface area contributed by atoms with E-state index >= 15 is 0 Å². The second-order valence-corrected chi connectivity index (χ2v) is 5.92. The lowest BCUT2D eigenvalue weighted by molar-refractivity contribution is -0.121. The van der Waals surface area contributed by atoms with Gasteiger partial charge >= 0.3 is 0 Å². The Morgan fingerprint density at radius 1 is 1.18 bits per heavy atom. The van der Waals surface area contributed by atoms with Crippen LogP contribution in [0.15, 0.2) is 46.9 Å². The van der Waals surface area contributed by atoms with Gasteiger partial charge < -0.3 is 10.6 Å². The Morgan fingerprint density at radius 2 is 1.91 bits per heavy atom. The summed E-state index contributed by atoms with van der Waals surface area (Å²) in [5.74, 6) is -0.317. The Kier molecular flexibility index (Phi) is 5.95. The van der Waals surface area contributed by atoms with Crippen LogP contribution in [-0.2, 0) is 11.3 Å². The molecule has 2 aromatic rings. The predicted molar refractivity (Wildman–Crippen MR) is 90.2 cm³/mol. The standard InChI is InChI=1S/C17H18BrFN2O/c1-12-2-7-16(15(18)10-12)20-9-8-17(22)21-11-13-3-5-14(19)6-4-13/h2-7,10,20H,8-9,11H2,1H3,(H,21,22). The van der Waals surface area contributed by atoms with Gasteiger partial charge in [-0.25, -0.2) is 4.39 Å². The Morgan fingerprint density at radius 3 is 2.59 bits per heavy atom. The molecule has 0 bridgehead atoms. The maximum absolute atomic E-state index is 12.8. The van der Waals surface area contributed by atoms with Crippen molar-refractivity contribution >= 4 is 27.5 Å². The van der Waals surface area contributed by atoms with E-state index in [1.807, 2.05) is 25.1 Å². The van der Waals surface area contributed by atoms with E-state index in [0.29, 0.717) is 19.5 Å². The van der Waals surface area contributed by atoms with Crippen molar-refractivity contribution in [1.82, 2.24) is 5.32 Å². The summed E-state index contributed by atoms with van der Waals surface area (Å²) in [5.41, 5.74) is 3.02. The molecule has 0 unspecified atom stereocenters. The van der Waals surface area contributed by atoms with E-state index in [1.54, 1.807) is 12.1 Å². The lowest BCUT2D eigenvalue weighted by Crippen LogP contribution is -2.24. The van der Waals surface area contributed by atoms with Crippen LogP contribution in [0.2, 0.25) is 0 Å². The zero-order valence-corrected chi connectivity index (χ0v) is 13.9. The van der Waals surface area contributed by atoms with Gasteiger partial charge in [-0.15, -0.1) is 0 Å². The zero-order chi connectivity index (χ0) is 15.9. The average Bonchev–Trinajstić information content (AvgIpc) is 2.49. The number of benzene rings is 2. The summed E-state index contributed by atoms with van der Waals surface area (Å²) in [4.78, 5) is 11.8. The molecule has 2 aromatic carbocycles. The number of anilines is 1. The maximum Gasteiger partial charge on any atom is 0.222 e. The van der Waals surface area contributed by atoms with Gasteiger partial charge in [-0.05, 0) is 58.2 Å². The van der Waals surface area contributed by atoms with Crippen LogP contribution in [0.3, 0.4) is 0 Å². The summed E-state index contributed by atoms with van der Waals surface area (Å²) in [6.07, 6.45) is 0.376. The number of aryl methyl sites for hydroxylation is 1. The van der Waals surface area contributed by atoms with Crippen LogP contribution in [0.5, 0.6) is 0 Å². The largest absolute Gasteiger partial charge is 0.384 e. The van der Waals surface area contributed by atoms with Crippen LogP contribution in [0, 0.1) is 12.7 Å². The minimum atomic E-state index is -0.275. The van der Waals surface area contributed by atoms with Crippen molar-refractivity contribution < 1.29 is 9.18 Å². The fraction of sp³-hybridized carbons (Fsp3) is 0.235. The molecule has 0 saturated heterocycles. The number of hydrogen-bond acceptors (Lipinski definition) is 2. The molecule has 0 aromatic heterocycles. The van der Waals surface area contributed by atoms with Gasteiger partial charge in [0, 0.05) is 29.7 Å². The van der Waals surface area contributed by atoms with E-state index in [2.05, 4.69) is 26.6 Å². The minimum Gasteiger partial charge on any atom is -0.384 e. The summed E-state index contributed by atoms with van der Waals surface area (Å²) in [6, 6.07) is 12.1. The van der Waals surface area contributed by atoms with E-state index < -0.39 is 0 Å². The van der Waals surface area contributed by atoms with E-state index in [-0.39, 0.29) is 11.7 Å². The molecule has 2 N–H and O–H groups in total. The van der Waals surface area contributed by atoms with E-state index in [4.69, 9.17) is 0 Å². The van der Waals surface area contributed by atoms with Crippen LogP contribution >= 0.6 is 15.9 Å². The second-order valence-electron chi connectivity index (χ2n) is 5.06. The number of rotatable bonds is 6. The van der Waals surface area contributed by atoms with Crippen molar-refractivity contribution in [2.75, 3.05) is 11.9 Å². The molecule has 0 fully saturated rings. The van der Waals surface area contributed by atoms with Crippen LogP contribution < -0.4 is 10.6 Å². The molecule has 0 atom stereocenters. The van der Waals surface area contributed by atoms with Gasteiger partial charge in [0.2, 0.25) is 5.91 Å². The molecule has 0 radical (unpaired) electrons. The van der Waals surface area contributed by atoms with E-state index in [0.717, 1.165) is 15.7 Å². The Hall–Kier alpha value is -1.88. The van der Waals surface area contributed by atoms with Gasteiger partial charge in [-0.3, -0.25) is 4.79 Å². The topological polar surface area (TPSA) is 41.1 Å². The molecule has 0 aliphatic rings. The lowest BCUT2D eigenvalue weighted by Gasteiger charge is -2.09. The number of nitrogens with one attached hydrogen (secondary N) is 2. The molecule has 2 rings (SSSR count). The first-order valence-corrected chi connectivity index (χ1v) is 7.85. The average molecular weight is 365 g/mol. The predicted octanol–water partition coefficient (Wildman–Crippen LogP) is 4.02. The van der Waals surface area contributed by atoms with Crippen molar-refractivity contribution in [3.8, 4) is 0 Å². The Labute approximate surface area is 138 Å². The van der Waals surface area contributed by atoms with Gasteiger partial charge in [0.25, 0.3) is 0 Å². The van der Waals surface area contributed by atoms with Crippen molar-refractivity contribution in [3.05, 3.63) is 63.9 Å². The molecule has 0 heterocycles. The molecule has 1 amide bonds. The second kappa shape index (κ2) is 7.94. The van der Waals surface area contributed by atoms with Gasteiger partial charge in [-0.1, -0.05) is 18.2 Å². The SMILES string of the molecule is Cc1ccc(NCCC(=O)NCc2ccc(F)cc2)c(Br)c1. The summed E-state index contributed by atoms with van der Waals surface area (Å²) in [5, 5.41) is 6.03. The molecule has 5 heteroatoms. The smallest absolute Gasteiger partial charge is 0.222 e. The highest BCUT2D eigenvalue weighted by molar-refractivity contribution is 9.10. The summed E-state index contributed by atoms with van der Waals surface area (Å²) in [6.45, 7) is 2.99. The van der Waals surface area contributed by atoms with Gasteiger partial charge in [0.15, 0.2) is 0 Å². The molecular weight excluding hydrogens is 347 g/mol. The molecule has 3 nitrogen and oxygen atoms in total. The molecule has 0 aliphatic heterocycles. The highest BCUT2D eigenvalue weighted by atomic mass is 79.9.